The van der Waals surface area contributed by atoms with Gasteiger partial charge in [-0.3, -0.25) is 14.5 Å². The molecule has 2 fully saturated rings. The molecule has 2 amide bonds. The summed E-state index contributed by atoms with van der Waals surface area (Å²) in [5, 5.41) is 3.09. The Labute approximate surface area is 173 Å². The van der Waals surface area contributed by atoms with Crippen LogP contribution in [0.25, 0.3) is 0 Å². The highest BCUT2D eigenvalue weighted by Gasteiger charge is 2.50. The number of rotatable bonds is 4. The molecular weight excluding hydrogens is 390 g/mol. The van der Waals surface area contributed by atoms with Gasteiger partial charge in [-0.1, -0.05) is 25.3 Å². The van der Waals surface area contributed by atoms with Gasteiger partial charge in [-0.15, -0.1) is 0 Å². The van der Waals surface area contributed by atoms with E-state index in [1.54, 1.807) is 6.92 Å². The first kappa shape index (κ1) is 21.8. The largest absolute Gasteiger partial charge is 0.351 e. The molecule has 0 bridgehead atoms. The molecule has 1 atom stereocenters. The molecule has 1 heterocycles. The zero-order chi connectivity index (χ0) is 21.4. The molecule has 0 radical (unpaired) electrons. The van der Waals surface area contributed by atoms with Crippen LogP contribution in [0.2, 0.25) is 0 Å². The summed E-state index contributed by atoms with van der Waals surface area (Å²) in [4.78, 5) is 28.0. The summed E-state index contributed by atoms with van der Waals surface area (Å²) >= 11 is 0. The van der Waals surface area contributed by atoms with E-state index in [0.717, 1.165) is 47.4 Å². The minimum atomic E-state index is -3.61. The van der Waals surface area contributed by atoms with E-state index >= 15 is 0 Å². The monoisotopic (exact) mass is 421 g/mol. The number of piperazine rings is 1. The van der Waals surface area contributed by atoms with Gasteiger partial charge in [-0.05, 0) is 56.9 Å². The van der Waals surface area contributed by atoms with Crippen LogP contribution in [0.5, 0.6) is 0 Å². The third-order valence-corrected chi connectivity index (χ3v) is 7.38. The SMILES string of the molecule is Cc1ccc(N2C(=O)CN(S(C)(=O)=O)C[C@@]2(C)C(=O)NC2CCCCC2)cc1C. The highest BCUT2D eigenvalue weighted by Crippen LogP contribution is 2.32. The van der Waals surface area contributed by atoms with E-state index in [1.165, 1.54) is 11.3 Å². The zero-order valence-corrected chi connectivity index (χ0v) is 18.5. The summed E-state index contributed by atoms with van der Waals surface area (Å²) in [5.41, 5.74) is 1.39. The average molecular weight is 422 g/mol. The third-order valence-electron chi connectivity index (χ3n) is 6.19. The van der Waals surface area contributed by atoms with Crippen molar-refractivity contribution in [2.75, 3.05) is 24.2 Å². The van der Waals surface area contributed by atoms with Crippen LogP contribution >= 0.6 is 0 Å². The van der Waals surface area contributed by atoms with Crippen LogP contribution in [0, 0.1) is 13.8 Å². The molecule has 1 aliphatic heterocycles. The van der Waals surface area contributed by atoms with Gasteiger partial charge >= 0.3 is 0 Å². The summed E-state index contributed by atoms with van der Waals surface area (Å²) in [7, 11) is -3.61. The van der Waals surface area contributed by atoms with E-state index < -0.39 is 21.5 Å². The number of nitrogens with one attached hydrogen (secondary N) is 1. The molecule has 1 N–H and O–H groups in total. The van der Waals surface area contributed by atoms with Crippen molar-refractivity contribution >= 4 is 27.5 Å². The number of benzene rings is 1. The molecule has 1 aromatic carbocycles. The van der Waals surface area contributed by atoms with Crippen LogP contribution in [0.15, 0.2) is 18.2 Å². The quantitative estimate of drug-likeness (QED) is 0.807. The molecule has 29 heavy (non-hydrogen) atoms. The predicted molar refractivity (Wildman–Crippen MR) is 113 cm³/mol. The van der Waals surface area contributed by atoms with Gasteiger partial charge in [0.2, 0.25) is 21.8 Å². The smallest absolute Gasteiger partial charge is 0.247 e. The Kier molecular flexibility index (Phi) is 6.06. The number of anilines is 1. The van der Waals surface area contributed by atoms with Gasteiger partial charge < -0.3 is 5.32 Å². The second kappa shape index (κ2) is 8.07. The van der Waals surface area contributed by atoms with Crippen LogP contribution in [0.3, 0.4) is 0 Å². The normalized spacial score (nSPS) is 24.6. The lowest BCUT2D eigenvalue weighted by Gasteiger charge is -2.47. The van der Waals surface area contributed by atoms with Gasteiger partial charge in [0.15, 0.2) is 0 Å². The molecule has 1 saturated heterocycles. The van der Waals surface area contributed by atoms with E-state index in [4.69, 9.17) is 0 Å². The van der Waals surface area contributed by atoms with Crippen LogP contribution in [0.4, 0.5) is 5.69 Å². The van der Waals surface area contributed by atoms with E-state index in [1.807, 2.05) is 32.0 Å². The summed E-state index contributed by atoms with van der Waals surface area (Å²) in [5.74, 6) is -0.699. The van der Waals surface area contributed by atoms with Crippen molar-refractivity contribution in [3.05, 3.63) is 29.3 Å². The fourth-order valence-electron chi connectivity index (χ4n) is 4.26. The van der Waals surface area contributed by atoms with E-state index in [0.29, 0.717) is 5.69 Å². The van der Waals surface area contributed by atoms with Gasteiger partial charge in [0.25, 0.3) is 0 Å². The number of carbonyl (C=O) groups excluding carboxylic acids is 2. The molecule has 1 saturated carbocycles. The van der Waals surface area contributed by atoms with Crippen molar-refractivity contribution in [2.45, 2.75) is 64.5 Å². The summed E-state index contributed by atoms with van der Waals surface area (Å²) in [6.45, 7) is 5.27. The molecular formula is C21H31N3O4S. The number of hydrogen-bond acceptors (Lipinski definition) is 4. The molecule has 2 aliphatic rings. The Morgan fingerprint density at radius 3 is 2.38 bits per heavy atom. The maximum absolute atomic E-state index is 13.4. The first-order valence-corrected chi connectivity index (χ1v) is 12.0. The lowest BCUT2D eigenvalue weighted by molar-refractivity contribution is -0.133. The van der Waals surface area contributed by atoms with Gasteiger partial charge in [-0.2, -0.15) is 4.31 Å². The first-order valence-electron chi connectivity index (χ1n) is 10.2. The van der Waals surface area contributed by atoms with E-state index in [9.17, 15) is 18.0 Å². The predicted octanol–water partition coefficient (Wildman–Crippen LogP) is 2.12. The molecule has 160 valence electrons. The van der Waals surface area contributed by atoms with Crippen molar-refractivity contribution in [2.24, 2.45) is 0 Å². The Morgan fingerprint density at radius 2 is 1.79 bits per heavy atom. The standard InChI is InChI=1S/C21H31N3O4S/c1-15-10-11-18(12-16(15)2)24-19(25)13-23(29(4,27)28)14-21(24,3)20(26)22-17-8-6-5-7-9-17/h10-12,17H,5-9,13-14H2,1-4H3,(H,22,26)/t21-/m0/s1. The molecule has 1 aliphatic carbocycles. The number of amides is 2. The molecule has 1 aromatic rings. The first-order chi connectivity index (χ1) is 13.5. The summed E-state index contributed by atoms with van der Waals surface area (Å²) in [6.07, 6.45) is 6.20. The van der Waals surface area contributed by atoms with Gasteiger partial charge in [0.05, 0.1) is 12.8 Å². The molecule has 7 nitrogen and oxygen atoms in total. The van der Waals surface area contributed by atoms with Crippen molar-refractivity contribution in [1.82, 2.24) is 9.62 Å². The number of aryl methyl sites for hydroxylation is 2. The number of nitrogens with zero attached hydrogens (tertiary/aromatic N) is 2. The van der Waals surface area contributed by atoms with Crippen LogP contribution in [-0.2, 0) is 19.6 Å². The number of hydrogen-bond donors (Lipinski definition) is 1. The maximum atomic E-state index is 13.4. The molecule has 0 spiro atoms. The van der Waals surface area contributed by atoms with Crippen molar-refractivity contribution in [1.29, 1.82) is 0 Å². The minimum Gasteiger partial charge on any atom is -0.351 e. The average Bonchev–Trinajstić information content (AvgIpc) is 2.64. The third kappa shape index (κ3) is 4.48. The van der Waals surface area contributed by atoms with Gasteiger partial charge in [0.1, 0.15) is 5.54 Å². The molecule has 8 heteroatoms. The van der Waals surface area contributed by atoms with Crippen LogP contribution in [0.1, 0.15) is 50.2 Å². The molecule has 0 aromatic heterocycles. The van der Waals surface area contributed by atoms with Crippen molar-refractivity contribution < 1.29 is 18.0 Å². The van der Waals surface area contributed by atoms with E-state index in [-0.39, 0.29) is 25.0 Å². The highest BCUT2D eigenvalue weighted by atomic mass is 32.2. The topological polar surface area (TPSA) is 86.8 Å². The Morgan fingerprint density at radius 1 is 1.14 bits per heavy atom. The molecule has 0 unspecified atom stereocenters. The van der Waals surface area contributed by atoms with Crippen molar-refractivity contribution in [3.63, 3.8) is 0 Å². The van der Waals surface area contributed by atoms with Crippen LogP contribution in [-0.4, -0.2) is 55.5 Å². The second-order valence-corrected chi connectivity index (χ2v) is 10.6. The van der Waals surface area contributed by atoms with E-state index in [2.05, 4.69) is 5.32 Å². The molecule has 3 rings (SSSR count). The fourth-order valence-corrected chi connectivity index (χ4v) is 5.09. The Balaban J connectivity index is 1.99. The summed E-state index contributed by atoms with van der Waals surface area (Å²) < 4.78 is 25.5. The second-order valence-electron chi connectivity index (χ2n) is 8.61. The van der Waals surface area contributed by atoms with Gasteiger partial charge in [-0.25, -0.2) is 8.42 Å². The Hall–Kier alpha value is -1.93. The maximum Gasteiger partial charge on any atom is 0.247 e. The van der Waals surface area contributed by atoms with Crippen molar-refractivity contribution in [3.8, 4) is 0 Å². The minimum absolute atomic E-state index is 0.0664. The lowest BCUT2D eigenvalue weighted by Crippen LogP contribution is -2.70. The lowest BCUT2D eigenvalue weighted by atomic mass is 9.91. The number of carbonyl (C=O) groups is 2. The highest BCUT2D eigenvalue weighted by molar-refractivity contribution is 7.88. The number of sulfonamides is 1. The zero-order valence-electron chi connectivity index (χ0n) is 17.7. The summed E-state index contributed by atoms with van der Waals surface area (Å²) in [6, 6.07) is 5.69. The Bertz CT molecular complexity index is 909. The van der Waals surface area contributed by atoms with Crippen LogP contribution < -0.4 is 10.2 Å². The fraction of sp³-hybridized carbons (Fsp3) is 0.619. The van der Waals surface area contributed by atoms with Gasteiger partial charge in [0, 0.05) is 18.3 Å².